The van der Waals surface area contributed by atoms with Crippen LogP contribution in [-0.2, 0) is 0 Å². The van der Waals surface area contributed by atoms with Crippen molar-refractivity contribution in [2.75, 3.05) is 11.9 Å². The Kier molecular flexibility index (Phi) is 4.25. The van der Waals surface area contributed by atoms with Crippen molar-refractivity contribution < 1.29 is 14.4 Å². The van der Waals surface area contributed by atoms with E-state index in [4.69, 9.17) is 11.6 Å². The summed E-state index contributed by atoms with van der Waals surface area (Å²) in [5.41, 5.74) is 1.50. The Morgan fingerprint density at radius 3 is 2.74 bits per heavy atom. The van der Waals surface area contributed by atoms with Crippen LogP contribution in [0.1, 0.15) is 31.1 Å². The summed E-state index contributed by atoms with van der Waals surface area (Å²) in [6.45, 7) is 3.67. The maximum Gasteiger partial charge on any atom is 0.261 e. The van der Waals surface area contributed by atoms with Crippen LogP contribution in [-0.4, -0.2) is 34.2 Å². The lowest BCUT2D eigenvalue weighted by Gasteiger charge is -2.09. The van der Waals surface area contributed by atoms with Crippen molar-refractivity contribution in [2.45, 2.75) is 0 Å². The van der Waals surface area contributed by atoms with Crippen LogP contribution in [0.4, 0.5) is 5.13 Å². The smallest absolute Gasteiger partial charge is 0.261 e. The number of carbonyl (C=O) groups excluding carboxylic acids is 3. The van der Waals surface area contributed by atoms with Gasteiger partial charge < -0.3 is 0 Å². The van der Waals surface area contributed by atoms with Gasteiger partial charge >= 0.3 is 0 Å². The summed E-state index contributed by atoms with van der Waals surface area (Å²) in [5, 5.41) is 3.74. The Hall–Kier alpha value is -3.03. The van der Waals surface area contributed by atoms with Gasteiger partial charge in [-0.05, 0) is 36.4 Å². The number of carbonyl (C=O) groups is 3. The van der Waals surface area contributed by atoms with E-state index >= 15 is 0 Å². The van der Waals surface area contributed by atoms with Crippen LogP contribution in [0.5, 0.6) is 0 Å². The van der Waals surface area contributed by atoms with Crippen LogP contribution in [0.2, 0.25) is 5.02 Å². The minimum Gasteiger partial charge on any atom is -0.298 e. The first kappa shape index (κ1) is 17.4. The molecule has 0 fully saturated rings. The number of imide groups is 1. The van der Waals surface area contributed by atoms with Gasteiger partial charge in [-0.2, -0.15) is 0 Å². The van der Waals surface area contributed by atoms with Crippen molar-refractivity contribution in [1.82, 2.24) is 9.88 Å². The van der Waals surface area contributed by atoms with Gasteiger partial charge in [-0.1, -0.05) is 29.0 Å². The first-order chi connectivity index (χ1) is 13.0. The van der Waals surface area contributed by atoms with Crippen LogP contribution in [0.25, 0.3) is 10.2 Å². The number of halogens is 1. The highest BCUT2D eigenvalue weighted by Gasteiger charge is 2.35. The Balaban J connectivity index is 1.61. The van der Waals surface area contributed by atoms with Crippen molar-refractivity contribution in [1.29, 1.82) is 0 Å². The lowest BCUT2D eigenvalue weighted by Crippen LogP contribution is -2.29. The molecule has 1 aliphatic heterocycles. The molecular weight excluding hydrogens is 386 g/mol. The van der Waals surface area contributed by atoms with Crippen LogP contribution in [0.15, 0.2) is 49.1 Å². The average Bonchev–Trinajstić information content (AvgIpc) is 3.15. The van der Waals surface area contributed by atoms with Gasteiger partial charge in [0.2, 0.25) is 0 Å². The number of nitrogens with zero attached hydrogens (tertiary/aromatic N) is 2. The van der Waals surface area contributed by atoms with Gasteiger partial charge in [0.25, 0.3) is 17.7 Å². The molecule has 3 aromatic rings. The number of nitrogens with one attached hydrogen (secondary N) is 1. The van der Waals surface area contributed by atoms with Gasteiger partial charge in [0.15, 0.2) is 5.13 Å². The molecule has 0 spiro atoms. The molecule has 2 aromatic carbocycles. The van der Waals surface area contributed by atoms with E-state index in [1.165, 1.54) is 35.6 Å². The Labute approximate surface area is 163 Å². The van der Waals surface area contributed by atoms with Crippen LogP contribution >= 0.6 is 22.9 Å². The van der Waals surface area contributed by atoms with Crippen LogP contribution in [0, 0.1) is 0 Å². The standard InChI is InChI=1S/C19H12ClN3O3S/c1-2-7-23-17(25)12-5-3-10(8-13(12)18(23)26)16(24)22-19-21-14-6-4-11(20)9-15(14)27-19/h2-6,8-9H,1,7H2,(H,21,22,24). The molecule has 1 N–H and O–H groups in total. The van der Waals surface area contributed by atoms with Crippen LogP contribution < -0.4 is 5.32 Å². The summed E-state index contributed by atoms with van der Waals surface area (Å²) >= 11 is 7.27. The van der Waals surface area contributed by atoms with Gasteiger partial charge in [-0.15, -0.1) is 6.58 Å². The van der Waals surface area contributed by atoms with Gasteiger partial charge in [0.1, 0.15) is 0 Å². The van der Waals surface area contributed by atoms with E-state index in [0.717, 1.165) is 15.1 Å². The largest absolute Gasteiger partial charge is 0.298 e. The molecule has 0 saturated heterocycles. The van der Waals surface area contributed by atoms with E-state index in [0.29, 0.717) is 10.2 Å². The van der Waals surface area contributed by atoms with E-state index in [1.54, 1.807) is 18.2 Å². The van der Waals surface area contributed by atoms with Crippen molar-refractivity contribution in [3.8, 4) is 0 Å². The third-order valence-electron chi connectivity index (χ3n) is 4.12. The first-order valence-corrected chi connectivity index (χ1v) is 9.16. The molecule has 0 atom stereocenters. The minimum atomic E-state index is -0.431. The number of thiazole rings is 1. The fraction of sp³-hybridized carbons (Fsp3) is 0.0526. The zero-order valence-corrected chi connectivity index (χ0v) is 15.4. The predicted octanol–water partition coefficient (Wildman–Crippen LogP) is 3.98. The number of hydrogen-bond acceptors (Lipinski definition) is 5. The molecule has 1 aliphatic rings. The molecule has 6 nitrogen and oxygen atoms in total. The molecule has 4 rings (SSSR count). The Morgan fingerprint density at radius 1 is 1.19 bits per heavy atom. The molecule has 0 unspecified atom stereocenters. The fourth-order valence-corrected chi connectivity index (χ4v) is 3.99. The third kappa shape index (κ3) is 3.01. The molecule has 0 aliphatic carbocycles. The third-order valence-corrected chi connectivity index (χ3v) is 5.28. The minimum absolute atomic E-state index is 0.127. The maximum absolute atomic E-state index is 12.6. The topological polar surface area (TPSA) is 79.4 Å². The number of fused-ring (bicyclic) bond motifs is 2. The monoisotopic (exact) mass is 397 g/mol. The molecular formula is C19H12ClN3O3S. The lowest BCUT2D eigenvalue weighted by atomic mass is 10.1. The van der Waals surface area contributed by atoms with E-state index in [9.17, 15) is 14.4 Å². The highest BCUT2D eigenvalue weighted by Crippen LogP contribution is 2.29. The number of rotatable bonds is 4. The second-order valence-corrected chi connectivity index (χ2v) is 7.32. The van der Waals surface area contributed by atoms with Gasteiger partial charge in [-0.3, -0.25) is 24.6 Å². The lowest BCUT2D eigenvalue weighted by molar-refractivity contribution is 0.0672. The molecule has 8 heteroatoms. The zero-order valence-electron chi connectivity index (χ0n) is 13.9. The van der Waals surface area contributed by atoms with Crippen LogP contribution in [0.3, 0.4) is 0 Å². The summed E-state index contributed by atoms with van der Waals surface area (Å²) in [6.07, 6.45) is 1.48. The van der Waals surface area contributed by atoms with Crippen molar-refractivity contribution in [2.24, 2.45) is 0 Å². The zero-order chi connectivity index (χ0) is 19.1. The molecule has 134 valence electrons. The normalized spacial score (nSPS) is 13.1. The van der Waals surface area contributed by atoms with Crippen molar-refractivity contribution in [3.05, 3.63) is 70.8 Å². The SMILES string of the molecule is C=CCN1C(=O)c2ccc(C(=O)Nc3nc4ccc(Cl)cc4s3)cc2C1=O. The average molecular weight is 398 g/mol. The van der Waals surface area contributed by atoms with Gasteiger partial charge in [0, 0.05) is 17.1 Å². The summed E-state index contributed by atoms with van der Waals surface area (Å²) in [6, 6.07) is 9.72. The molecule has 1 aromatic heterocycles. The Bertz CT molecular complexity index is 1140. The maximum atomic E-state index is 12.6. The van der Waals surface area contributed by atoms with Gasteiger partial charge in [0.05, 0.1) is 21.3 Å². The van der Waals surface area contributed by atoms with E-state index in [-0.39, 0.29) is 29.1 Å². The fourth-order valence-electron chi connectivity index (χ4n) is 2.85. The molecule has 0 bridgehead atoms. The summed E-state index contributed by atoms with van der Waals surface area (Å²) in [4.78, 5) is 42.6. The highest BCUT2D eigenvalue weighted by atomic mass is 35.5. The molecule has 3 amide bonds. The number of aromatic nitrogens is 1. The quantitative estimate of drug-likeness (QED) is 0.533. The molecule has 27 heavy (non-hydrogen) atoms. The summed E-state index contributed by atoms with van der Waals surface area (Å²) < 4.78 is 0.854. The highest BCUT2D eigenvalue weighted by molar-refractivity contribution is 7.22. The van der Waals surface area contributed by atoms with E-state index < -0.39 is 11.8 Å². The van der Waals surface area contributed by atoms with Gasteiger partial charge in [-0.25, -0.2) is 4.98 Å². The van der Waals surface area contributed by atoms with E-state index in [1.807, 2.05) is 0 Å². The number of anilines is 1. The van der Waals surface area contributed by atoms with Crippen molar-refractivity contribution in [3.63, 3.8) is 0 Å². The molecule has 0 saturated carbocycles. The summed E-state index contributed by atoms with van der Waals surface area (Å²) in [7, 11) is 0. The Morgan fingerprint density at radius 2 is 1.96 bits per heavy atom. The second kappa shape index (κ2) is 6.61. The number of hydrogen-bond donors (Lipinski definition) is 1. The summed E-state index contributed by atoms with van der Waals surface area (Å²) in [5.74, 6) is -1.23. The number of amides is 3. The molecule has 2 heterocycles. The van der Waals surface area contributed by atoms with E-state index in [2.05, 4.69) is 16.9 Å². The molecule has 0 radical (unpaired) electrons. The first-order valence-electron chi connectivity index (χ1n) is 7.96. The number of benzene rings is 2. The second-order valence-electron chi connectivity index (χ2n) is 5.86. The van der Waals surface area contributed by atoms with Crippen molar-refractivity contribution >= 4 is 56.0 Å². The predicted molar refractivity (Wildman–Crippen MR) is 105 cm³/mol.